The number of esters is 1. The molecule has 0 amide bonds. The van der Waals surface area contributed by atoms with Gasteiger partial charge in [0, 0.05) is 30.9 Å². The number of ether oxygens (including phenoxy) is 1. The molecular weight excluding hydrogens is 304 g/mol. The molecule has 0 aliphatic heterocycles. The van der Waals surface area contributed by atoms with Crippen molar-refractivity contribution < 1.29 is 9.53 Å². The lowest BCUT2D eigenvalue weighted by atomic mass is 10.3. The van der Waals surface area contributed by atoms with E-state index >= 15 is 0 Å². The van der Waals surface area contributed by atoms with Crippen molar-refractivity contribution in [1.82, 2.24) is 19.3 Å². The Bertz CT molecular complexity index is 894. The Hall–Kier alpha value is -2.60. The number of fused-ring (bicyclic) bond motifs is 1. The second kappa shape index (κ2) is 5.31. The third-order valence-corrected chi connectivity index (χ3v) is 3.55. The van der Waals surface area contributed by atoms with Crippen molar-refractivity contribution in [3.63, 3.8) is 0 Å². The van der Waals surface area contributed by atoms with E-state index in [0.29, 0.717) is 27.9 Å². The van der Waals surface area contributed by atoms with Gasteiger partial charge in [0.25, 0.3) is 0 Å². The van der Waals surface area contributed by atoms with Crippen LogP contribution in [0.1, 0.15) is 5.69 Å². The Morgan fingerprint density at radius 2 is 2.27 bits per heavy atom. The molecule has 0 aromatic carbocycles. The van der Waals surface area contributed by atoms with Crippen LogP contribution >= 0.6 is 11.6 Å². The molecule has 7 heteroatoms. The Morgan fingerprint density at radius 1 is 1.50 bits per heavy atom. The van der Waals surface area contributed by atoms with Crippen LogP contribution in [0, 0.1) is 6.92 Å². The minimum atomic E-state index is -0.548. The molecule has 0 aliphatic carbocycles. The van der Waals surface area contributed by atoms with E-state index < -0.39 is 5.97 Å². The largest absolute Gasteiger partial charge is 0.417 e. The zero-order chi connectivity index (χ0) is 15.9. The summed E-state index contributed by atoms with van der Waals surface area (Å²) in [7, 11) is 1.76. The number of rotatable bonds is 3. The highest BCUT2D eigenvalue weighted by atomic mass is 35.5. The molecule has 3 heterocycles. The van der Waals surface area contributed by atoms with Gasteiger partial charge in [-0.05, 0) is 19.1 Å². The zero-order valence-electron chi connectivity index (χ0n) is 12.1. The number of carbonyl (C=O) groups is 1. The van der Waals surface area contributed by atoms with Crippen molar-refractivity contribution in [3.05, 3.63) is 47.9 Å². The average molecular weight is 317 g/mol. The smallest absolute Gasteiger partial charge is 0.335 e. The van der Waals surface area contributed by atoms with E-state index in [1.54, 1.807) is 35.6 Å². The number of aromatic nitrogens is 4. The zero-order valence-corrected chi connectivity index (χ0v) is 12.8. The van der Waals surface area contributed by atoms with E-state index in [4.69, 9.17) is 16.3 Å². The van der Waals surface area contributed by atoms with E-state index in [1.807, 2.05) is 12.1 Å². The third kappa shape index (κ3) is 2.17. The molecule has 22 heavy (non-hydrogen) atoms. The minimum absolute atomic E-state index is 0.353. The standard InChI is InChI=1S/C15H13ClN4O2/c1-4-12(21)22-13-9(2)18-19(3)15(13)20-8-11(16)10-6-5-7-17-14(10)20/h4-8H,1H2,2-3H3. The molecule has 0 spiro atoms. The van der Waals surface area contributed by atoms with Crippen LogP contribution in [0.2, 0.25) is 5.02 Å². The maximum absolute atomic E-state index is 11.6. The Balaban J connectivity index is 2.27. The highest BCUT2D eigenvalue weighted by Gasteiger charge is 2.21. The second-order valence-electron chi connectivity index (χ2n) is 4.71. The average Bonchev–Trinajstić information content (AvgIpc) is 2.97. The first-order chi connectivity index (χ1) is 10.5. The topological polar surface area (TPSA) is 61.9 Å². The Labute approximate surface area is 131 Å². The van der Waals surface area contributed by atoms with Gasteiger partial charge in [-0.2, -0.15) is 5.10 Å². The lowest BCUT2D eigenvalue weighted by Gasteiger charge is -2.08. The lowest BCUT2D eigenvalue weighted by molar-refractivity contribution is -0.129. The van der Waals surface area contributed by atoms with E-state index in [9.17, 15) is 4.79 Å². The van der Waals surface area contributed by atoms with Crippen LogP contribution in [0.4, 0.5) is 0 Å². The number of nitrogens with zero attached hydrogens (tertiary/aromatic N) is 4. The van der Waals surface area contributed by atoms with Crippen LogP contribution in [-0.4, -0.2) is 25.3 Å². The first-order valence-electron chi connectivity index (χ1n) is 6.52. The fourth-order valence-electron chi connectivity index (χ4n) is 2.33. The molecule has 0 saturated carbocycles. The SMILES string of the molecule is C=CC(=O)Oc1c(C)nn(C)c1-n1cc(Cl)c2cccnc21. The molecule has 0 aliphatic rings. The second-order valence-corrected chi connectivity index (χ2v) is 5.12. The Kier molecular flexibility index (Phi) is 3.46. The molecule has 0 saturated heterocycles. The maximum Gasteiger partial charge on any atom is 0.335 e. The molecule has 3 aromatic heterocycles. The van der Waals surface area contributed by atoms with E-state index in [-0.39, 0.29) is 0 Å². The van der Waals surface area contributed by atoms with Crippen molar-refractivity contribution >= 4 is 28.6 Å². The summed E-state index contributed by atoms with van der Waals surface area (Å²) < 4.78 is 8.70. The highest BCUT2D eigenvalue weighted by molar-refractivity contribution is 6.35. The fourth-order valence-corrected chi connectivity index (χ4v) is 2.58. The van der Waals surface area contributed by atoms with Crippen LogP contribution in [0.3, 0.4) is 0 Å². The van der Waals surface area contributed by atoms with Gasteiger partial charge in [-0.15, -0.1) is 0 Å². The molecule has 0 fully saturated rings. The molecule has 3 aromatic rings. The summed E-state index contributed by atoms with van der Waals surface area (Å²) in [5, 5.41) is 5.67. The van der Waals surface area contributed by atoms with E-state index in [0.717, 1.165) is 11.5 Å². The molecule has 0 atom stereocenters. The summed E-state index contributed by atoms with van der Waals surface area (Å²) in [6.45, 7) is 5.17. The van der Waals surface area contributed by atoms with Crippen molar-refractivity contribution in [3.8, 4) is 11.6 Å². The van der Waals surface area contributed by atoms with Gasteiger partial charge in [0.1, 0.15) is 11.3 Å². The summed E-state index contributed by atoms with van der Waals surface area (Å²) in [4.78, 5) is 15.9. The quantitative estimate of drug-likeness (QED) is 0.550. The Morgan fingerprint density at radius 3 is 3.00 bits per heavy atom. The molecule has 0 unspecified atom stereocenters. The molecule has 112 valence electrons. The van der Waals surface area contributed by atoms with Gasteiger partial charge in [-0.1, -0.05) is 18.2 Å². The lowest BCUT2D eigenvalue weighted by Crippen LogP contribution is -2.08. The van der Waals surface area contributed by atoms with Crippen molar-refractivity contribution in [2.24, 2.45) is 7.05 Å². The highest BCUT2D eigenvalue weighted by Crippen LogP contribution is 2.32. The van der Waals surface area contributed by atoms with Crippen LogP contribution in [-0.2, 0) is 11.8 Å². The number of hydrogen-bond acceptors (Lipinski definition) is 4. The maximum atomic E-state index is 11.6. The normalized spacial score (nSPS) is 10.9. The molecule has 0 radical (unpaired) electrons. The van der Waals surface area contributed by atoms with Gasteiger partial charge >= 0.3 is 5.97 Å². The fraction of sp³-hybridized carbons (Fsp3) is 0.133. The van der Waals surface area contributed by atoms with Crippen LogP contribution < -0.4 is 4.74 Å². The van der Waals surface area contributed by atoms with Crippen LogP contribution in [0.25, 0.3) is 16.9 Å². The number of pyridine rings is 1. The summed E-state index contributed by atoms with van der Waals surface area (Å²) in [5.41, 5.74) is 1.24. The molecule has 0 N–H and O–H groups in total. The first-order valence-corrected chi connectivity index (χ1v) is 6.90. The van der Waals surface area contributed by atoms with Crippen molar-refractivity contribution in [1.29, 1.82) is 0 Å². The molecule has 6 nitrogen and oxygen atoms in total. The van der Waals surface area contributed by atoms with Gasteiger partial charge in [-0.25, -0.2) is 14.5 Å². The number of aryl methyl sites for hydroxylation is 2. The molecule has 0 bridgehead atoms. The number of carbonyl (C=O) groups excluding carboxylic acids is 1. The summed E-state index contributed by atoms with van der Waals surface area (Å²) in [6.07, 6.45) is 4.50. The van der Waals surface area contributed by atoms with Gasteiger partial charge in [0.2, 0.25) is 0 Å². The van der Waals surface area contributed by atoms with Gasteiger partial charge in [-0.3, -0.25) is 4.57 Å². The van der Waals surface area contributed by atoms with Gasteiger partial charge in [0.15, 0.2) is 11.6 Å². The van der Waals surface area contributed by atoms with Crippen molar-refractivity contribution in [2.45, 2.75) is 6.92 Å². The van der Waals surface area contributed by atoms with Crippen molar-refractivity contribution in [2.75, 3.05) is 0 Å². The predicted octanol–water partition coefficient (Wildman–Crippen LogP) is 2.81. The molecule has 3 rings (SSSR count). The first kappa shape index (κ1) is 14.3. The minimum Gasteiger partial charge on any atom is -0.417 e. The van der Waals surface area contributed by atoms with Crippen LogP contribution in [0.5, 0.6) is 5.75 Å². The molecular formula is C15H13ClN4O2. The third-order valence-electron chi connectivity index (χ3n) is 3.25. The van der Waals surface area contributed by atoms with E-state index in [2.05, 4.69) is 16.7 Å². The number of halogens is 1. The summed E-state index contributed by atoms with van der Waals surface area (Å²) in [6, 6.07) is 3.69. The summed E-state index contributed by atoms with van der Waals surface area (Å²) in [5.74, 6) is 0.378. The number of hydrogen-bond donors (Lipinski definition) is 0. The van der Waals surface area contributed by atoms with E-state index in [1.165, 1.54) is 0 Å². The predicted molar refractivity (Wildman–Crippen MR) is 83.4 cm³/mol. The summed E-state index contributed by atoms with van der Waals surface area (Å²) >= 11 is 6.26. The van der Waals surface area contributed by atoms with Crippen LogP contribution in [0.15, 0.2) is 37.2 Å². The van der Waals surface area contributed by atoms with Gasteiger partial charge in [0.05, 0.1) is 5.02 Å². The monoisotopic (exact) mass is 316 g/mol. The van der Waals surface area contributed by atoms with Gasteiger partial charge < -0.3 is 4.74 Å².